The SMILES string of the molecule is O=C(O)[C@H](SC1CCCC1)c1ccc2c(c1)OCO2. The second kappa shape index (κ2) is 5.33. The van der Waals surface area contributed by atoms with E-state index in [9.17, 15) is 9.90 Å². The van der Waals surface area contributed by atoms with Crippen molar-refractivity contribution >= 4 is 17.7 Å². The van der Waals surface area contributed by atoms with E-state index >= 15 is 0 Å². The lowest BCUT2D eigenvalue weighted by Crippen LogP contribution is -2.11. The number of carboxylic acid groups (broad SMARTS) is 1. The zero-order valence-electron chi connectivity index (χ0n) is 10.5. The Balaban J connectivity index is 1.81. The van der Waals surface area contributed by atoms with E-state index < -0.39 is 11.2 Å². The standard InChI is InChI=1S/C14H16O4S/c15-14(16)13(19-10-3-1-2-4-10)9-5-6-11-12(7-9)18-8-17-11/h5-7,10,13H,1-4,8H2,(H,15,16)/t13-/m1/s1. The van der Waals surface area contributed by atoms with Gasteiger partial charge in [-0.05, 0) is 30.5 Å². The van der Waals surface area contributed by atoms with Gasteiger partial charge in [0.15, 0.2) is 11.5 Å². The topological polar surface area (TPSA) is 55.8 Å². The number of thioether (sulfide) groups is 1. The molecule has 2 aliphatic rings. The molecule has 0 unspecified atom stereocenters. The minimum Gasteiger partial charge on any atom is -0.480 e. The van der Waals surface area contributed by atoms with E-state index in [0.717, 1.165) is 18.4 Å². The molecule has 5 heteroatoms. The maximum Gasteiger partial charge on any atom is 0.321 e. The van der Waals surface area contributed by atoms with Gasteiger partial charge in [-0.2, -0.15) is 0 Å². The Bertz CT molecular complexity index is 482. The van der Waals surface area contributed by atoms with Gasteiger partial charge >= 0.3 is 5.97 Å². The van der Waals surface area contributed by atoms with Gasteiger partial charge in [0.1, 0.15) is 5.25 Å². The number of hydrogen-bond acceptors (Lipinski definition) is 4. The average Bonchev–Trinajstić information content (AvgIpc) is 3.05. The highest BCUT2D eigenvalue weighted by atomic mass is 32.2. The summed E-state index contributed by atoms with van der Waals surface area (Å²) in [5.41, 5.74) is 0.786. The van der Waals surface area contributed by atoms with Crippen molar-refractivity contribution in [2.24, 2.45) is 0 Å². The van der Waals surface area contributed by atoms with Crippen molar-refractivity contribution in [3.63, 3.8) is 0 Å². The molecule has 1 aromatic carbocycles. The van der Waals surface area contributed by atoms with Crippen molar-refractivity contribution in [2.45, 2.75) is 36.2 Å². The number of ether oxygens (including phenoxy) is 2. The highest BCUT2D eigenvalue weighted by Crippen LogP contribution is 2.42. The first kappa shape index (κ1) is 12.7. The second-order valence-corrected chi connectivity index (χ2v) is 6.28. The average molecular weight is 280 g/mol. The third-order valence-corrected chi connectivity index (χ3v) is 5.16. The van der Waals surface area contributed by atoms with Crippen molar-refractivity contribution in [2.75, 3.05) is 6.79 Å². The van der Waals surface area contributed by atoms with Gasteiger partial charge in [-0.15, -0.1) is 11.8 Å². The van der Waals surface area contributed by atoms with E-state index in [-0.39, 0.29) is 6.79 Å². The molecule has 102 valence electrons. The lowest BCUT2D eigenvalue weighted by molar-refractivity contribution is -0.136. The molecule has 1 atom stereocenters. The molecular formula is C14H16O4S. The van der Waals surface area contributed by atoms with Crippen molar-refractivity contribution in [1.29, 1.82) is 0 Å². The van der Waals surface area contributed by atoms with Crippen LogP contribution in [0.15, 0.2) is 18.2 Å². The van der Waals surface area contributed by atoms with Crippen molar-refractivity contribution in [3.05, 3.63) is 23.8 Å². The number of fused-ring (bicyclic) bond motifs is 1. The zero-order chi connectivity index (χ0) is 13.2. The fraction of sp³-hybridized carbons (Fsp3) is 0.500. The van der Waals surface area contributed by atoms with Crippen molar-refractivity contribution in [3.8, 4) is 11.5 Å². The van der Waals surface area contributed by atoms with Gasteiger partial charge in [-0.1, -0.05) is 18.9 Å². The van der Waals surface area contributed by atoms with Gasteiger partial charge in [0, 0.05) is 5.25 Å². The molecule has 19 heavy (non-hydrogen) atoms. The minimum absolute atomic E-state index is 0.215. The molecule has 3 rings (SSSR count). The summed E-state index contributed by atoms with van der Waals surface area (Å²) < 4.78 is 10.6. The Hall–Kier alpha value is -1.36. The lowest BCUT2D eigenvalue weighted by Gasteiger charge is -2.17. The van der Waals surface area contributed by atoms with E-state index in [2.05, 4.69) is 0 Å². The highest BCUT2D eigenvalue weighted by molar-refractivity contribution is 8.00. The van der Waals surface area contributed by atoms with Crippen molar-refractivity contribution < 1.29 is 19.4 Å². The highest BCUT2D eigenvalue weighted by Gasteiger charge is 2.28. The summed E-state index contributed by atoms with van der Waals surface area (Å²) >= 11 is 1.56. The molecule has 1 heterocycles. The largest absolute Gasteiger partial charge is 0.480 e. The van der Waals surface area contributed by atoms with Gasteiger partial charge < -0.3 is 14.6 Å². The number of hydrogen-bond donors (Lipinski definition) is 1. The van der Waals surface area contributed by atoms with Crippen LogP contribution >= 0.6 is 11.8 Å². The molecule has 4 nitrogen and oxygen atoms in total. The van der Waals surface area contributed by atoms with Crippen LogP contribution in [0, 0.1) is 0 Å². The van der Waals surface area contributed by atoms with Crippen LogP contribution in [-0.2, 0) is 4.79 Å². The predicted octanol–water partition coefficient (Wildman–Crippen LogP) is 3.22. The summed E-state index contributed by atoms with van der Waals surface area (Å²) in [5.74, 6) is 0.560. The van der Waals surface area contributed by atoms with Crippen LogP contribution in [0.5, 0.6) is 11.5 Å². The zero-order valence-corrected chi connectivity index (χ0v) is 11.3. The fourth-order valence-corrected chi connectivity index (χ4v) is 3.98. The van der Waals surface area contributed by atoms with E-state index in [1.807, 2.05) is 6.07 Å². The quantitative estimate of drug-likeness (QED) is 0.917. The summed E-state index contributed by atoms with van der Waals surface area (Å²) in [7, 11) is 0. The minimum atomic E-state index is -0.782. The molecular weight excluding hydrogens is 264 g/mol. The summed E-state index contributed by atoms with van der Waals surface area (Å²) in [4.78, 5) is 11.5. The molecule has 1 aliphatic carbocycles. The lowest BCUT2D eigenvalue weighted by atomic mass is 10.1. The molecule has 0 amide bonds. The smallest absolute Gasteiger partial charge is 0.321 e. The Morgan fingerprint density at radius 2 is 2.00 bits per heavy atom. The van der Waals surface area contributed by atoms with Crippen LogP contribution < -0.4 is 9.47 Å². The first-order valence-electron chi connectivity index (χ1n) is 6.52. The molecule has 1 fully saturated rings. The summed E-state index contributed by atoms with van der Waals surface area (Å²) in [6.45, 7) is 0.215. The number of rotatable bonds is 4. The van der Waals surface area contributed by atoms with E-state index in [1.54, 1.807) is 23.9 Å². The first-order valence-corrected chi connectivity index (χ1v) is 7.46. The van der Waals surface area contributed by atoms with Crippen LogP contribution in [0.3, 0.4) is 0 Å². The van der Waals surface area contributed by atoms with Gasteiger partial charge in [0.05, 0.1) is 0 Å². The molecule has 0 spiro atoms. The van der Waals surface area contributed by atoms with Crippen LogP contribution in [0.25, 0.3) is 0 Å². The number of benzene rings is 1. The molecule has 1 aromatic rings. The summed E-state index contributed by atoms with van der Waals surface area (Å²) in [5, 5.41) is 9.39. The van der Waals surface area contributed by atoms with Gasteiger partial charge in [0.25, 0.3) is 0 Å². The molecule has 0 aromatic heterocycles. The van der Waals surface area contributed by atoms with Crippen LogP contribution in [0.4, 0.5) is 0 Å². The second-order valence-electron chi connectivity index (χ2n) is 4.87. The molecule has 1 aliphatic heterocycles. The molecule has 0 saturated heterocycles. The van der Waals surface area contributed by atoms with Crippen LogP contribution in [0.1, 0.15) is 36.5 Å². The molecule has 0 radical (unpaired) electrons. The third kappa shape index (κ3) is 2.66. The molecule has 0 bridgehead atoms. The van der Waals surface area contributed by atoms with E-state index in [0.29, 0.717) is 16.7 Å². The van der Waals surface area contributed by atoms with Gasteiger partial charge in [-0.3, -0.25) is 4.79 Å². The van der Waals surface area contributed by atoms with Gasteiger partial charge in [-0.25, -0.2) is 0 Å². The fourth-order valence-electron chi connectivity index (χ4n) is 2.57. The van der Waals surface area contributed by atoms with Crippen LogP contribution in [0.2, 0.25) is 0 Å². The monoisotopic (exact) mass is 280 g/mol. The number of carbonyl (C=O) groups is 1. The van der Waals surface area contributed by atoms with Gasteiger partial charge in [0.2, 0.25) is 6.79 Å². The van der Waals surface area contributed by atoms with Crippen LogP contribution in [-0.4, -0.2) is 23.1 Å². The Kier molecular flexibility index (Phi) is 3.55. The van der Waals surface area contributed by atoms with Crippen molar-refractivity contribution in [1.82, 2.24) is 0 Å². The first-order chi connectivity index (χ1) is 9.24. The normalized spacial score (nSPS) is 19.6. The predicted molar refractivity (Wildman–Crippen MR) is 72.8 cm³/mol. The number of carboxylic acids is 1. The number of aliphatic carboxylic acids is 1. The Morgan fingerprint density at radius 1 is 1.26 bits per heavy atom. The maximum atomic E-state index is 11.5. The third-order valence-electron chi connectivity index (χ3n) is 3.55. The van der Waals surface area contributed by atoms with E-state index in [4.69, 9.17) is 9.47 Å². The molecule has 1 saturated carbocycles. The Morgan fingerprint density at radius 3 is 2.74 bits per heavy atom. The summed E-state index contributed by atoms with van der Waals surface area (Å²) in [6.07, 6.45) is 4.67. The summed E-state index contributed by atoms with van der Waals surface area (Å²) in [6, 6.07) is 5.42. The van der Waals surface area contributed by atoms with E-state index in [1.165, 1.54) is 12.8 Å². The Labute approximate surface area is 116 Å². The molecule has 1 N–H and O–H groups in total. The maximum absolute atomic E-state index is 11.5.